The summed E-state index contributed by atoms with van der Waals surface area (Å²) in [5.74, 6) is 0. The van der Waals surface area contributed by atoms with Crippen LogP contribution in [0, 0.1) is 0 Å². The standard InChI is InChI=1S/C6H5IN3/c7-6(9)4-1-2-10-3-5(4)8/h1-3H,8H2/q-1. The van der Waals surface area contributed by atoms with E-state index in [2.05, 4.69) is 4.98 Å². The molecule has 0 atom stereocenters. The maximum absolute atomic E-state index is 9.00. The smallest absolute Gasteiger partial charge is 0.0565 e. The average molecular weight is 246 g/mol. The van der Waals surface area contributed by atoms with Crippen LogP contribution in [0.15, 0.2) is 18.5 Å². The molecular formula is C6H5IN3-. The summed E-state index contributed by atoms with van der Waals surface area (Å²) in [5.41, 5.74) is 6.60. The first-order valence-electron chi connectivity index (χ1n) is 2.63. The lowest BCUT2D eigenvalue weighted by molar-refractivity contribution is 1.33. The van der Waals surface area contributed by atoms with E-state index in [1.807, 2.05) is 0 Å². The second-order valence-electron chi connectivity index (χ2n) is 1.75. The Bertz CT molecular complexity index is 259. The van der Waals surface area contributed by atoms with Crippen LogP contribution in [-0.4, -0.2) is 8.70 Å². The van der Waals surface area contributed by atoms with Gasteiger partial charge in [0, 0.05) is 6.20 Å². The lowest BCUT2D eigenvalue weighted by atomic mass is 10.2. The first-order chi connectivity index (χ1) is 4.72. The molecule has 0 aromatic carbocycles. The monoisotopic (exact) mass is 246 g/mol. The zero-order chi connectivity index (χ0) is 7.56. The van der Waals surface area contributed by atoms with Crippen molar-refractivity contribution >= 4 is 32.0 Å². The van der Waals surface area contributed by atoms with Crippen molar-refractivity contribution < 1.29 is 0 Å². The second kappa shape index (κ2) is 2.96. The van der Waals surface area contributed by atoms with Gasteiger partial charge in [-0.3, -0.25) is 4.98 Å². The predicted molar refractivity (Wildman–Crippen MR) is 50.1 cm³/mol. The third-order valence-corrected chi connectivity index (χ3v) is 1.66. The molecule has 10 heavy (non-hydrogen) atoms. The van der Waals surface area contributed by atoms with Crippen molar-refractivity contribution in [3.63, 3.8) is 0 Å². The molecule has 0 spiro atoms. The van der Waals surface area contributed by atoms with Crippen LogP contribution in [0.4, 0.5) is 5.69 Å². The summed E-state index contributed by atoms with van der Waals surface area (Å²) < 4.78 is 0.192. The Morgan fingerprint density at radius 1 is 1.70 bits per heavy atom. The molecule has 1 aromatic rings. The lowest BCUT2D eigenvalue weighted by Gasteiger charge is -2.05. The summed E-state index contributed by atoms with van der Waals surface area (Å²) >= 11 is 1.80. The molecule has 0 bridgehead atoms. The number of nitrogen functional groups attached to an aromatic ring is 1. The van der Waals surface area contributed by atoms with Crippen LogP contribution < -0.4 is 5.73 Å². The quantitative estimate of drug-likeness (QED) is 0.601. The van der Waals surface area contributed by atoms with Crippen molar-refractivity contribution in [3.8, 4) is 0 Å². The summed E-state index contributed by atoms with van der Waals surface area (Å²) in [4.78, 5) is 3.77. The van der Waals surface area contributed by atoms with Crippen LogP contribution in [0.1, 0.15) is 5.56 Å². The molecule has 1 heterocycles. The highest BCUT2D eigenvalue weighted by Crippen LogP contribution is 2.12. The number of halogens is 1. The number of hydrogen-bond acceptors (Lipinski definition) is 2. The summed E-state index contributed by atoms with van der Waals surface area (Å²) in [7, 11) is 0. The van der Waals surface area contributed by atoms with Crippen molar-refractivity contribution in [1.29, 1.82) is 0 Å². The third kappa shape index (κ3) is 1.44. The van der Waals surface area contributed by atoms with E-state index in [0.29, 0.717) is 11.3 Å². The molecule has 2 N–H and O–H groups in total. The van der Waals surface area contributed by atoms with Gasteiger partial charge in [0.05, 0.1) is 11.9 Å². The molecule has 3 nitrogen and oxygen atoms in total. The highest BCUT2D eigenvalue weighted by Gasteiger charge is 1.93. The molecular weight excluding hydrogens is 241 g/mol. The lowest BCUT2D eigenvalue weighted by Crippen LogP contribution is -1.96. The van der Waals surface area contributed by atoms with Crippen LogP contribution >= 0.6 is 22.6 Å². The third-order valence-electron chi connectivity index (χ3n) is 1.07. The van der Waals surface area contributed by atoms with Crippen LogP contribution in [0.3, 0.4) is 0 Å². The minimum Gasteiger partial charge on any atom is -0.798 e. The van der Waals surface area contributed by atoms with Gasteiger partial charge in [-0.1, -0.05) is 22.6 Å². The zero-order valence-corrected chi connectivity index (χ0v) is 7.24. The van der Waals surface area contributed by atoms with Crippen LogP contribution in [-0.2, 0) is 0 Å². The van der Waals surface area contributed by atoms with Crippen molar-refractivity contribution in [2.75, 3.05) is 5.73 Å². The number of nitrogens with two attached hydrogens (primary N) is 1. The molecule has 0 amide bonds. The molecule has 52 valence electrons. The Balaban J connectivity index is 3.15. The molecule has 1 aromatic heterocycles. The summed E-state index contributed by atoms with van der Waals surface area (Å²) in [6.07, 6.45) is 3.09. The van der Waals surface area contributed by atoms with Crippen molar-refractivity contribution in [2.24, 2.45) is 0 Å². The fourth-order valence-corrected chi connectivity index (χ4v) is 1.09. The van der Waals surface area contributed by atoms with Crippen molar-refractivity contribution in [2.45, 2.75) is 0 Å². The Kier molecular flexibility index (Phi) is 2.21. The number of pyridine rings is 1. The largest absolute Gasteiger partial charge is 0.798 e. The molecule has 0 saturated carbocycles. The molecule has 0 radical (unpaired) electrons. The van der Waals surface area contributed by atoms with E-state index < -0.39 is 0 Å². The Morgan fingerprint density at radius 3 is 2.80 bits per heavy atom. The van der Waals surface area contributed by atoms with E-state index in [-0.39, 0.29) is 3.72 Å². The van der Waals surface area contributed by atoms with Gasteiger partial charge < -0.3 is 11.1 Å². The SMILES string of the molecule is [N-]=C(I)c1ccncc1N. The van der Waals surface area contributed by atoms with Gasteiger partial charge in [0.25, 0.3) is 0 Å². The Labute approximate surface area is 72.3 Å². The molecule has 0 saturated heterocycles. The molecule has 4 heteroatoms. The zero-order valence-electron chi connectivity index (χ0n) is 5.08. The van der Waals surface area contributed by atoms with Crippen molar-refractivity contribution in [1.82, 2.24) is 4.98 Å². The molecule has 0 aliphatic rings. The van der Waals surface area contributed by atoms with Crippen LogP contribution in [0.25, 0.3) is 5.41 Å². The maximum atomic E-state index is 9.00. The van der Waals surface area contributed by atoms with E-state index in [1.54, 1.807) is 34.9 Å². The van der Waals surface area contributed by atoms with Gasteiger partial charge in [-0.15, -0.1) is 3.72 Å². The molecule has 0 aliphatic heterocycles. The highest BCUT2D eigenvalue weighted by atomic mass is 127. The Hall–Kier alpha value is -0.650. The number of hydrogen-bond donors (Lipinski definition) is 1. The highest BCUT2D eigenvalue weighted by molar-refractivity contribution is 14.1. The minimum absolute atomic E-state index is 0.192. The summed E-state index contributed by atoms with van der Waals surface area (Å²) in [6, 6.07) is 1.66. The van der Waals surface area contributed by atoms with E-state index in [0.717, 1.165) is 0 Å². The van der Waals surface area contributed by atoms with Crippen molar-refractivity contribution in [3.05, 3.63) is 29.4 Å². The normalized spacial score (nSPS) is 9.30. The van der Waals surface area contributed by atoms with E-state index >= 15 is 0 Å². The number of anilines is 1. The molecule has 0 unspecified atom stereocenters. The average Bonchev–Trinajstić information content (AvgIpc) is 1.88. The fourth-order valence-electron chi connectivity index (χ4n) is 0.595. The molecule has 1 rings (SSSR count). The fraction of sp³-hybridized carbons (Fsp3) is 0. The minimum atomic E-state index is 0.192. The number of rotatable bonds is 1. The van der Waals surface area contributed by atoms with Crippen LogP contribution in [0.2, 0.25) is 0 Å². The van der Waals surface area contributed by atoms with Gasteiger partial charge in [-0.25, -0.2) is 0 Å². The molecule has 0 fully saturated rings. The Morgan fingerprint density at radius 2 is 2.40 bits per heavy atom. The van der Waals surface area contributed by atoms with Gasteiger partial charge in [0.2, 0.25) is 0 Å². The second-order valence-corrected chi connectivity index (χ2v) is 2.78. The van der Waals surface area contributed by atoms with Gasteiger partial charge in [0.1, 0.15) is 0 Å². The van der Waals surface area contributed by atoms with E-state index in [1.165, 1.54) is 6.20 Å². The summed E-state index contributed by atoms with van der Waals surface area (Å²) in [6.45, 7) is 0. The topological polar surface area (TPSA) is 61.2 Å². The van der Waals surface area contributed by atoms with Gasteiger partial charge in [0.15, 0.2) is 0 Å². The maximum Gasteiger partial charge on any atom is 0.0565 e. The number of aromatic nitrogens is 1. The number of nitrogens with zero attached hydrogens (tertiary/aromatic N) is 2. The first-order valence-corrected chi connectivity index (χ1v) is 3.71. The van der Waals surface area contributed by atoms with Crippen LogP contribution in [0.5, 0.6) is 0 Å². The van der Waals surface area contributed by atoms with Gasteiger partial charge >= 0.3 is 0 Å². The first kappa shape index (κ1) is 7.46. The molecule has 0 aliphatic carbocycles. The predicted octanol–water partition coefficient (Wildman–Crippen LogP) is 1.41. The summed E-state index contributed by atoms with van der Waals surface area (Å²) in [5, 5.41) is 9.00. The van der Waals surface area contributed by atoms with Gasteiger partial charge in [-0.2, -0.15) is 0 Å². The van der Waals surface area contributed by atoms with E-state index in [4.69, 9.17) is 11.1 Å². The van der Waals surface area contributed by atoms with Gasteiger partial charge in [-0.05, 0) is 11.6 Å². The van der Waals surface area contributed by atoms with E-state index in [9.17, 15) is 0 Å².